The third kappa shape index (κ3) is 3.88. The molecule has 1 amide bonds. The van der Waals surface area contributed by atoms with Gasteiger partial charge in [-0.2, -0.15) is 0 Å². The molecule has 0 aromatic heterocycles. The fraction of sp³-hybridized carbons (Fsp3) is 0.0952. The van der Waals surface area contributed by atoms with Crippen LogP contribution in [0.4, 0.5) is 14.5 Å². The molecule has 0 unspecified atom stereocenters. The van der Waals surface area contributed by atoms with Gasteiger partial charge in [-0.15, -0.1) is 0 Å². The Labute approximate surface area is 150 Å². The van der Waals surface area contributed by atoms with Gasteiger partial charge in [0, 0.05) is 17.2 Å². The van der Waals surface area contributed by atoms with Crippen LogP contribution in [-0.4, -0.2) is 13.0 Å². The van der Waals surface area contributed by atoms with E-state index >= 15 is 0 Å². The highest BCUT2D eigenvalue weighted by molar-refractivity contribution is 5.97. The van der Waals surface area contributed by atoms with Crippen molar-refractivity contribution in [3.63, 3.8) is 0 Å². The summed E-state index contributed by atoms with van der Waals surface area (Å²) >= 11 is 0. The van der Waals surface area contributed by atoms with Crippen LogP contribution in [-0.2, 0) is 11.2 Å². The summed E-state index contributed by atoms with van der Waals surface area (Å²) in [6.07, 6.45) is 0.00899. The maximum atomic E-state index is 14.4. The van der Waals surface area contributed by atoms with Gasteiger partial charge in [-0.3, -0.25) is 4.79 Å². The number of methoxy groups -OCH3 is 1. The number of halogens is 2. The molecule has 3 aromatic carbocycles. The van der Waals surface area contributed by atoms with Gasteiger partial charge in [0.1, 0.15) is 17.4 Å². The molecule has 1 N–H and O–H groups in total. The molecule has 0 atom stereocenters. The number of hydrogen-bond donors (Lipinski definition) is 1. The number of nitrogens with one attached hydrogen (secondary N) is 1. The summed E-state index contributed by atoms with van der Waals surface area (Å²) in [6.45, 7) is 0. The number of hydrogen-bond acceptors (Lipinski definition) is 2. The third-order valence-corrected chi connectivity index (χ3v) is 3.95. The van der Waals surface area contributed by atoms with E-state index in [0.717, 1.165) is 6.07 Å². The highest BCUT2D eigenvalue weighted by Gasteiger charge is 2.16. The van der Waals surface area contributed by atoms with Crippen LogP contribution in [0.3, 0.4) is 0 Å². The molecule has 0 saturated heterocycles. The minimum Gasteiger partial charge on any atom is -0.496 e. The fourth-order valence-corrected chi connectivity index (χ4v) is 2.75. The molecule has 3 rings (SSSR count). The van der Waals surface area contributed by atoms with Crippen LogP contribution >= 0.6 is 0 Å². The molecule has 3 aromatic rings. The lowest BCUT2D eigenvalue weighted by molar-refractivity contribution is -0.115. The zero-order valence-corrected chi connectivity index (χ0v) is 14.1. The normalized spacial score (nSPS) is 10.4. The second-order valence-corrected chi connectivity index (χ2v) is 5.71. The summed E-state index contributed by atoms with van der Waals surface area (Å²) in [5.74, 6) is -1.37. The molecule has 0 heterocycles. The molecular weight excluding hydrogens is 336 g/mol. The summed E-state index contributed by atoms with van der Waals surface area (Å²) in [5, 5.41) is 2.57. The van der Waals surface area contributed by atoms with E-state index in [2.05, 4.69) is 5.32 Å². The lowest BCUT2D eigenvalue weighted by atomic mass is 10.0. The summed E-state index contributed by atoms with van der Waals surface area (Å²) in [5.41, 5.74) is 1.53. The van der Waals surface area contributed by atoms with Crippen molar-refractivity contribution in [1.29, 1.82) is 0 Å². The summed E-state index contributed by atoms with van der Waals surface area (Å²) < 4.78 is 33.3. The van der Waals surface area contributed by atoms with Gasteiger partial charge in [0.25, 0.3) is 0 Å². The van der Waals surface area contributed by atoms with Crippen molar-refractivity contribution >= 4 is 11.6 Å². The van der Waals surface area contributed by atoms with E-state index in [0.29, 0.717) is 16.9 Å². The zero-order valence-electron chi connectivity index (χ0n) is 14.1. The number of rotatable bonds is 5. The van der Waals surface area contributed by atoms with E-state index < -0.39 is 17.5 Å². The monoisotopic (exact) mass is 353 g/mol. The summed E-state index contributed by atoms with van der Waals surface area (Å²) in [4.78, 5) is 12.4. The third-order valence-electron chi connectivity index (χ3n) is 3.95. The first-order chi connectivity index (χ1) is 12.6. The topological polar surface area (TPSA) is 38.3 Å². The minimum absolute atomic E-state index is 0.00899. The molecule has 0 saturated carbocycles. The van der Waals surface area contributed by atoms with E-state index in [1.807, 2.05) is 0 Å². The number of anilines is 1. The number of amides is 1. The predicted octanol–water partition coefficient (Wildman–Crippen LogP) is 4.82. The van der Waals surface area contributed by atoms with Crippen molar-refractivity contribution in [1.82, 2.24) is 0 Å². The highest BCUT2D eigenvalue weighted by atomic mass is 19.1. The van der Waals surface area contributed by atoms with Crippen LogP contribution in [0.2, 0.25) is 0 Å². The van der Waals surface area contributed by atoms with Crippen LogP contribution in [0.15, 0.2) is 66.7 Å². The molecule has 0 aliphatic carbocycles. The molecule has 5 heteroatoms. The number of ether oxygens (including phenoxy) is 1. The van der Waals surface area contributed by atoms with Gasteiger partial charge in [-0.1, -0.05) is 48.5 Å². The van der Waals surface area contributed by atoms with Crippen molar-refractivity contribution < 1.29 is 18.3 Å². The van der Waals surface area contributed by atoms with Crippen molar-refractivity contribution in [3.05, 3.63) is 83.9 Å². The van der Waals surface area contributed by atoms with Crippen LogP contribution in [0.5, 0.6) is 5.75 Å². The van der Waals surface area contributed by atoms with Crippen LogP contribution in [0.1, 0.15) is 5.56 Å². The average Bonchev–Trinajstić information content (AvgIpc) is 2.65. The van der Waals surface area contributed by atoms with E-state index in [1.54, 1.807) is 54.6 Å². The Bertz CT molecular complexity index is 927. The van der Waals surface area contributed by atoms with Crippen molar-refractivity contribution in [3.8, 4) is 16.9 Å². The molecule has 0 fully saturated rings. The van der Waals surface area contributed by atoms with Crippen LogP contribution in [0, 0.1) is 11.6 Å². The standard InChI is InChI=1S/C21H17F2NO2/c1-26-19-10-6-5-9-15(19)11-20(25)24-21-17(12-16(22)13-18(21)23)14-7-3-2-4-8-14/h2-10,12-13H,11H2,1H3,(H,24,25). The van der Waals surface area contributed by atoms with Gasteiger partial charge < -0.3 is 10.1 Å². The Hall–Kier alpha value is -3.21. The lowest BCUT2D eigenvalue weighted by Gasteiger charge is -2.14. The van der Waals surface area contributed by atoms with Crippen LogP contribution in [0.25, 0.3) is 11.1 Å². The predicted molar refractivity (Wildman–Crippen MR) is 97.1 cm³/mol. The summed E-state index contributed by atoms with van der Waals surface area (Å²) in [6, 6.07) is 17.8. The smallest absolute Gasteiger partial charge is 0.229 e. The molecule has 0 bridgehead atoms. The van der Waals surface area contributed by atoms with E-state index in [9.17, 15) is 13.6 Å². The molecule has 132 valence electrons. The second-order valence-electron chi connectivity index (χ2n) is 5.71. The summed E-state index contributed by atoms with van der Waals surface area (Å²) in [7, 11) is 1.52. The second kappa shape index (κ2) is 7.78. The van der Waals surface area contributed by atoms with E-state index in [1.165, 1.54) is 13.2 Å². The highest BCUT2D eigenvalue weighted by Crippen LogP contribution is 2.31. The van der Waals surface area contributed by atoms with Crippen molar-refractivity contribution in [2.75, 3.05) is 12.4 Å². The van der Waals surface area contributed by atoms with Gasteiger partial charge >= 0.3 is 0 Å². The first kappa shape index (κ1) is 17.6. The molecule has 0 aliphatic heterocycles. The Morgan fingerprint density at radius 3 is 2.42 bits per heavy atom. The maximum Gasteiger partial charge on any atom is 0.229 e. The first-order valence-electron chi connectivity index (χ1n) is 8.04. The molecule has 0 radical (unpaired) electrons. The van der Waals surface area contributed by atoms with Gasteiger partial charge in [-0.25, -0.2) is 8.78 Å². The quantitative estimate of drug-likeness (QED) is 0.714. The molecule has 0 aliphatic rings. The van der Waals surface area contributed by atoms with Crippen molar-refractivity contribution in [2.45, 2.75) is 6.42 Å². The van der Waals surface area contributed by atoms with E-state index in [4.69, 9.17) is 4.74 Å². The van der Waals surface area contributed by atoms with Crippen molar-refractivity contribution in [2.24, 2.45) is 0 Å². The molecule has 0 spiro atoms. The van der Waals surface area contributed by atoms with Gasteiger partial charge in [0.2, 0.25) is 5.91 Å². The molecule has 3 nitrogen and oxygen atoms in total. The molecular formula is C21H17F2NO2. The Kier molecular flexibility index (Phi) is 5.27. The van der Waals surface area contributed by atoms with Gasteiger partial charge in [-0.05, 0) is 17.7 Å². The number of para-hydroxylation sites is 1. The average molecular weight is 353 g/mol. The number of benzene rings is 3. The Morgan fingerprint density at radius 1 is 1.00 bits per heavy atom. The molecule has 26 heavy (non-hydrogen) atoms. The number of carbonyl (C=O) groups is 1. The largest absolute Gasteiger partial charge is 0.496 e. The van der Waals surface area contributed by atoms with E-state index in [-0.39, 0.29) is 17.7 Å². The minimum atomic E-state index is -0.822. The Morgan fingerprint density at radius 2 is 1.69 bits per heavy atom. The maximum absolute atomic E-state index is 14.4. The van der Waals surface area contributed by atoms with Gasteiger partial charge in [0.05, 0.1) is 19.2 Å². The number of carbonyl (C=O) groups excluding carboxylic acids is 1. The lowest BCUT2D eigenvalue weighted by Crippen LogP contribution is -2.16. The van der Waals surface area contributed by atoms with Crippen LogP contribution < -0.4 is 10.1 Å². The zero-order chi connectivity index (χ0) is 18.5. The fourth-order valence-electron chi connectivity index (χ4n) is 2.75. The first-order valence-corrected chi connectivity index (χ1v) is 8.04. The SMILES string of the molecule is COc1ccccc1CC(=O)Nc1c(F)cc(F)cc1-c1ccccc1. The van der Waals surface area contributed by atoms with Gasteiger partial charge in [0.15, 0.2) is 0 Å². The Balaban J connectivity index is 1.91.